The lowest BCUT2D eigenvalue weighted by Gasteiger charge is -2.28. The molecule has 2 rings (SSSR count). The van der Waals surface area contributed by atoms with Crippen LogP contribution in [0.25, 0.3) is 0 Å². The molecule has 0 bridgehead atoms. The quantitative estimate of drug-likeness (QED) is 0.798. The fourth-order valence-corrected chi connectivity index (χ4v) is 2.86. The normalized spacial score (nSPS) is 36.2. The Kier molecular flexibility index (Phi) is 5.07. The van der Waals surface area contributed by atoms with Crippen molar-refractivity contribution in [1.82, 2.24) is 5.32 Å². The van der Waals surface area contributed by atoms with Crippen molar-refractivity contribution in [2.75, 3.05) is 26.5 Å². The van der Waals surface area contributed by atoms with Gasteiger partial charge in [-0.1, -0.05) is 19.8 Å². The molecule has 0 amide bonds. The lowest BCUT2D eigenvalue weighted by molar-refractivity contribution is -0.137. The molecule has 16 heavy (non-hydrogen) atoms. The van der Waals surface area contributed by atoms with E-state index >= 15 is 0 Å². The SMILES string of the molecule is CC1CCCC(CNCC2CCOCO2)C1. The minimum Gasteiger partial charge on any atom is -0.355 e. The minimum absolute atomic E-state index is 0.370. The van der Waals surface area contributed by atoms with Gasteiger partial charge in [0.1, 0.15) is 6.79 Å². The molecule has 1 saturated carbocycles. The molecule has 0 radical (unpaired) electrons. The van der Waals surface area contributed by atoms with Gasteiger partial charge in [-0.15, -0.1) is 0 Å². The van der Waals surface area contributed by atoms with Gasteiger partial charge in [-0.25, -0.2) is 0 Å². The van der Waals surface area contributed by atoms with Crippen LogP contribution in [-0.2, 0) is 9.47 Å². The van der Waals surface area contributed by atoms with E-state index < -0.39 is 0 Å². The molecular weight excluding hydrogens is 202 g/mol. The predicted octanol–water partition coefficient (Wildman–Crippen LogP) is 2.17. The first kappa shape index (κ1) is 12.3. The second kappa shape index (κ2) is 6.58. The molecule has 1 aliphatic carbocycles. The highest BCUT2D eigenvalue weighted by atomic mass is 16.7. The third-order valence-corrected chi connectivity index (χ3v) is 3.82. The highest BCUT2D eigenvalue weighted by Gasteiger charge is 2.19. The van der Waals surface area contributed by atoms with Gasteiger partial charge in [-0.2, -0.15) is 0 Å². The average molecular weight is 227 g/mol. The Morgan fingerprint density at radius 2 is 2.12 bits per heavy atom. The zero-order valence-electron chi connectivity index (χ0n) is 10.4. The molecule has 3 heteroatoms. The number of nitrogens with one attached hydrogen (secondary N) is 1. The van der Waals surface area contributed by atoms with Crippen molar-refractivity contribution in [3.63, 3.8) is 0 Å². The molecule has 3 nitrogen and oxygen atoms in total. The summed E-state index contributed by atoms with van der Waals surface area (Å²) < 4.78 is 10.7. The summed E-state index contributed by atoms with van der Waals surface area (Å²) in [4.78, 5) is 0. The van der Waals surface area contributed by atoms with Gasteiger partial charge in [0.2, 0.25) is 0 Å². The molecule has 2 fully saturated rings. The van der Waals surface area contributed by atoms with Crippen molar-refractivity contribution in [3.05, 3.63) is 0 Å². The highest BCUT2D eigenvalue weighted by molar-refractivity contribution is 4.73. The van der Waals surface area contributed by atoms with Gasteiger partial charge in [0.05, 0.1) is 12.7 Å². The van der Waals surface area contributed by atoms with E-state index in [4.69, 9.17) is 9.47 Å². The largest absolute Gasteiger partial charge is 0.355 e. The molecule has 3 atom stereocenters. The fourth-order valence-electron chi connectivity index (χ4n) is 2.86. The smallest absolute Gasteiger partial charge is 0.147 e. The molecule has 1 aliphatic heterocycles. The Balaban J connectivity index is 1.56. The van der Waals surface area contributed by atoms with E-state index in [2.05, 4.69) is 12.2 Å². The summed E-state index contributed by atoms with van der Waals surface area (Å²) in [5.41, 5.74) is 0. The molecule has 2 aliphatic rings. The van der Waals surface area contributed by atoms with Gasteiger partial charge < -0.3 is 14.8 Å². The first-order valence-corrected chi connectivity index (χ1v) is 6.74. The van der Waals surface area contributed by atoms with Crippen molar-refractivity contribution in [2.45, 2.75) is 45.1 Å². The average Bonchev–Trinajstić information content (AvgIpc) is 2.30. The summed E-state index contributed by atoms with van der Waals surface area (Å²) in [5.74, 6) is 1.82. The van der Waals surface area contributed by atoms with Gasteiger partial charge >= 0.3 is 0 Å². The maximum Gasteiger partial charge on any atom is 0.147 e. The summed E-state index contributed by atoms with van der Waals surface area (Å²) in [6.45, 7) is 5.88. The van der Waals surface area contributed by atoms with Crippen LogP contribution >= 0.6 is 0 Å². The highest BCUT2D eigenvalue weighted by Crippen LogP contribution is 2.27. The monoisotopic (exact) mass is 227 g/mol. The van der Waals surface area contributed by atoms with Gasteiger partial charge in [-0.05, 0) is 37.6 Å². The Labute approximate surface area is 98.9 Å². The standard InChI is InChI=1S/C13H25NO2/c1-11-3-2-4-12(7-11)8-14-9-13-5-6-15-10-16-13/h11-14H,2-10H2,1H3. The number of hydrogen-bond acceptors (Lipinski definition) is 3. The molecule has 1 N–H and O–H groups in total. The Morgan fingerprint density at radius 1 is 1.19 bits per heavy atom. The molecule has 1 saturated heterocycles. The van der Waals surface area contributed by atoms with Crippen molar-refractivity contribution < 1.29 is 9.47 Å². The lowest BCUT2D eigenvalue weighted by atomic mass is 9.82. The van der Waals surface area contributed by atoms with Gasteiger partial charge in [-0.3, -0.25) is 0 Å². The minimum atomic E-state index is 0.370. The number of ether oxygens (including phenoxy) is 2. The number of rotatable bonds is 4. The van der Waals surface area contributed by atoms with Crippen LogP contribution in [-0.4, -0.2) is 32.6 Å². The summed E-state index contributed by atoms with van der Waals surface area (Å²) in [6, 6.07) is 0. The Bertz CT molecular complexity index is 192. The molecular formula is C13H25NO2. The Hall–Kier alpha value is -0.120. The zero-order valence-corrected chi connectivity index (χ0v) is 10.4. The van der Waals surface area contributed by atoms with E-state index in [0.717, 1.165) is 31.4 Å². The topological polar surface area (TPSA) is 30.5 Å². The van der Waals surface area contributed by atoms with E-state index in [0.29, 0.717) is 12.9 Å². The van der Waals surface area contributed by atoms with Crippen LogP contribution in [0.5, 0.6) is 0 Å². The molecule has 94 valence electrons. The summed E-state index contributed by atoms with van der Waals surface area (Å²) in [6.07, 6.45) is 7.07. The number of hydrogen-bond donors (Lipinski definition) is 1. The first-order chi connectivity index (χ1) is 7.84. The molecule has 0 aromatic carbocycles. The van der Waals surface area contributed by atoms with Crippen LogP contribution in [0.15, 0.2) is 0 Å². The molecule has 0 aromatic heterocycles. The second-order valence-corrected chi connectivity index (χ2v) is 5.40. The van der Waals surface area contributed by atoms with Crippen LogP contribution in [0.3, 0.4) is 0 Å². The van der Waals surface area contributed by atoms with Gasteiger partial charge in [0.25, 0.3) is 0 Å². The van der Waals surface area contributed by atoms with Gasteiger partial charge in [0, 0.05) is 6.54 Å². The summed E-state index contributed by atoms with van der Waals surface area (Å²) >= 11 is 0. The van der Waals surface area contributed by atoms with Crippen molar-refractivity contribution >= 4 is 0 Å². The predicted molar refractivity (Wildman–Crippen MR) is 64.3 cm³/mol. The maximum atomic E-state index is 5.50. The zero-order chi connectivity index (χ0) is 11.2. The van der Waals surface area contributed by atoms with E-state index in [1.165, 1.54) is 32.2 Å². The first-order valence-electron chi connectivity index (χ1n) is 6.74. The van der Waals surface area contributed by atoms with E-state index in [9.17, 15) is 0 Å². The molecule has 1 heterocycles. The maximum absolute atomic E-state index is 5.50. The van der Waals surface area contributed by atoms with E-state index in [-0.39, 0.29) is 0 Å². The van der Waals surface area contributed by atoms with Gasteiger partial charge in [0.15, 0.2) is 0 Å². The van der Waals surface area contributed by atoms with Crippen LogP contribution in [0, 0.1) is 11.8 Å². The van der Waals surface area contributed by atoms with E-state index in [1.54, 1.807) is 0 Å². The molecule has 0 spiro atoms. The van der Waals surface area contributed by atoms with Crippen LogP contribution in [0.2, 0.25) is 0 Å². The third kappa shape index (κ3) is 4.04. The van der Waals surface area contributed by atoms with Crippen molar-refractivity contribution in [3.8, 4) is 0 Å². The third-order valence-electron chi connectivity index (χ3n) is 3.82. The second-order valence-electron chi connectivity index (χ2n) is 5.40. The van der Waals surface area contributed by atoms with Crippen molar-refractivity contribution in [1.29, 1.82) is 0 Å². The van der Waals surface area contributed by atoms with Crippen LogP contribution in [0.1, 0.15) is 39.0 Å². The fraction of sp³-hybridized carbons (Fsp3) is 1.00. The molecule has 3 unspecified atom stereocenters. The van der Waals surface area contributed by atoms with Crippen molar-refractivity contribution in [2.24, 2.45) is 11.8 Å². The Morgan fingerprint density at radius 3 is 2.88 bits per heavy atom. The lowest BCUT2D eigenvalue weighted by Crippen LogP contribution is -2.36. The van der Waals surface area contributed by atoms with Crippen LogP contribution < -0.4 is 5.32 Å². The summed E-state index contributed by atoms with van der Waals surface area (Å²) in [5, 5.41) is 3.56. The molecule has 0 aromatic rings. The van der Waals surface area contributed by atoms with E-state index in [1.807, 2.05) is 0 Å². The van der Waals surface area contributed by atoms with Crippen LogP contribution in [0.4, 0.5) is 0 Å². The summed E-state index contributed by atoms with van der Waals surface area (Å²) in [7, 11) is 0.